The maximum absolute atomic E-state index is 12.8. The second-order valence-corrected chi connectivity index (χ2v) is 8.02. The molecule has 1 atom stereocenters. The maximum atomic E-state index is 12.8. The molecule has 0 spiro atoms. The number of hydrogen-bond acceptors (Lipinski definition) is 5. The van der Waals surface area contributed by atoms with E-state index in [9.17, 15) is 4.79 Å². The summed E-state index contributed by atoms with van der Waals surface area (Å²) in [6.07, 6.45) is 6.48. The van der Waals surface area contributed by atoms with Crippen molar-refractivity contribution in [3.05, 3.63) is 70.6 Å². The zero-order chi connectivity index (χ0) is 19.1. The molecule has 0 aromatic carbocycles. The third kappa shape index (κ3) is 2.97. The summed E-state index contributed by atoms with van der Waals surface area (Å²) in [4.78, 5) is 24.4. The standard InChI is InChI=1S/C21H19N5OS/c1-14-7-10-28-19(14)21(27)25-9-6-17(12-25)20-23-18-5-4-16(13-26(18)24-20)15-3-2-8-22-11-15/h2-5,7-8,10-11,13,17H,6,9,12H2,1H3. The fraction of sp³-hybridized carbons (Fsp3) is 0.238. The predicted molar refractivity (Wildman–Crippen MR) is 109 cm³/mol. The third-order valence-electron chi connectivity index (χ3n) is 5.24. The van der Waals surface area contributed by atoms with Crippen molar-refractivity contribution >= 4 is 22.9 Å². The molecule has 4 aromatic rings. The smallest absolute Gasteiger partial charge is 0.264 e. The molecule has 140 valence electrons. The normalized spacial score (nSPS) is 16.8. The molecule has 0 bridgehead atoms. The minimum Gasteiger partial charge on any atom is -0.337 e. The van der Waals surface area contributed by atoms with Crippen LogP contribution in [0.5, 0.6) is 0 Å². The Balaban J connectivity index is 1.38. The van der Waals surface area contributed by atoms with Gasteiger partial charge in [-0.3, -0.25) is 9.78 Å². The Kier molecular flexibility index (Phi) is 4.16. The third-order valence-corrected chi connectivity index (χ3v) is 6.24. The van der Waals surface area contributed by atoms with E-state index in [4.69, 9.17) is 10.1 Å². The molecule has 1 fully saturated rings. The number of fused-ring (bicyclic) bond motifs is 1. The van der Waals surface area contributed by atoms with Gasteiger partial charge in [-0.25, -0.2) is 9.50 Å². The molecule has 5 heterocycles. The van der Waals surface area contributed by atoms with Crippen molar-refractivity contribution in [3.63, 3.8) is 0 Å². The number of carbonyl (C=O) groups is 1. The highest BCUT2D eigenvalue weighted by Crippen LogP contribution is 2.28. The first-order chi connectivity index (χ1) is 13.7. The maximum Gasteiger partial charge on any atom is 0.264 e. The van der Waals surface area contributed by atoms with E-state index >= 15 is 0 Å². The number of aryl methyl sites for hydroxylation is 1. The van der Waals surface area contributed by atoms with Crippen LogP contribution in [-0.2, 0) is 0 Å². The second-order valence-electron chi connectivity index (χ2n) is 7.10. The molecule has 7 heteroatoms. The number of hydrogen-bond donors (Lipinski definition) is 0. The molecule has 0 N–H and O–H groups in total. The van der Waals surface area contributed by atoms with Crippen molar-refractivity contribution in [3.8, 4) is 11.1 Å². The average molecular weight is 389 g/mol. The lowest BCUT2D eigenvalue weighted by molar-refractivity contribution is 0.0794. The van der Waals surface area contributed by atoms with Gasteiger partial charge in [-0.2, -0.15) is 5.10 Å². The summed E-state index contributed by atoms with van der Waals surface area (Å²) in [6, 6.07) is 9.96. The van der Waals surface area contributed by atoms with Crippen LogP contribution in [-0.4, -0.2) is 43.5 Å². The molecule has 1 aliphatic rings. The number of aromatic nitrogens is 4. The number of nitrogens with zero attached hydrogens (tertiary/aromatic N) is 5. The van der Waals surface area contributed by atoms with E-state index in [2.05, 4.69) is 4.98 Å². The molecule has 4 aromatic heterocycles. The predicted octanol–water partition coefficient (Wildman–Crippen LogP) is 3.79. The molecule has 0 radical (unpaired) electrons. The van der Waals surface area contributed by atoms with Crippen molar-refractivity contribution in [2.75, 3.05) is 13.1 Å². The van der Waals surface area contributed by atoms with E-state index in [1.165, 1.54) is 11.3 Å². The van der Waals surface area contributed by atoms with Gasteiger partial charge < -0.3 is 4.90 Å². The van der Waals surface area contributed by atoms with Crippen molar-refractivity contribution in [2.45, 2.75) is 19.3 Å². The lowest BCUT2D eigenvalue weighted by Crippen LogP contribution is -2.28. The molecule has 1 aliphatic heterocycles. The first-order valence-electron chi connectivity index (χ1n) is 9.29. The number of thiophene rings is 1. The summed E-state index contributed by atoms with van der Waals surface area (Å²) >= 11 is 1.51. The van der Waals surface area contributed by atoms with Crippen molar-refractivity contribution < 1.29 is 4.79 Å². The van der Waals surface area contributed by atoms with Crippen molar-refractivity contribution in [1.82, 2.24) is 24.5 Å². The van der Waals surface area contributed by atoms with Crippen LogP contribution < -0.4 is 0 Å². The Hall–Kier alpha value is -3.06. The second kappa shape index (κ2) is 6.83. The quantitative estimate of drug-likeness (QED) is 0.535. The summed E-state index contributed by atoms with van der Waals surface area (Å²) < 4.78 is 1.82. The molecule has 6 nitrogen and oxygen atoms in total. The number of likely N-dealkylation sites (tertiary alicyclic amines) is 1. The van der Waals surface area contributed by atoms with Gasteiger partial charge in [0.05, 0.1) is 4.88 Å². The summed E-state index contributed by atoms with van der Waals surface area (Å²) in [5, 5.41) is 6.68. The highest BCUT2D eigenvalue weighted by Gasteiger charge is 2.31. The van der Waals surface area contributed by atoms with Crippen LogP contribution in [0.4, 0.5) is 0 Å². The van der Waals surface area contributed by atoms with Crippen LogP contribution in [0.1, 0.15) is 33.4 Å². The summed E-state index contributed by atoms with van der Waals surface area (Å²) in [5.74, 6) is 1.10. The number of amides is 1. The van der Waals surface area contributed by atoms with Gasteiger partial charge in [0.15, 0.2) is 11.5 Å². The Labute approximate surface area is 166 Å². The Morgan fingerprint density at radius 2 is 2.14 bits per heavy atom. The number of carbonyl (C=O) groups excluding carboxylic acids is 1. The summed E-state index contributed by atoms with van der Waals surface area (Å²) in [6.45, 7) is 3.40. The topological polar surface area (TPSA) is 63.4 Å². The molecule has 1 saturated heterocycles. The van der Waals surface area contributed by atoms with Gasteiger partial charge in [0.1, 0.15) is 0 Å². The number of rotatable bonds is 3. The molecule has 1 unspecified atom stereocenters. The van der Waals surface area contributed by atoms with E-state index in [1.807, 2.05) is 64.4 Å². The van der Waals surface area contributed by atoms with E-state index in [1.54, 1.807) is 6.20 Å². The van der Waals surface area contributed by atoms with Gasteiger partial charge in [0.25, 0.3) is 5.91 Å². The highest BCUT2D eigenvalue weighted by molar-refractivity contribution is 7.12. The zero-order valence-electron chi connectivity index (χ0n) is 15.4. The van der Waals surface area contributed by atoms with Crippen LogP contribution in [0.3, 0.4) is 0 Å². The molecular formula is C21H19N5OS. The Morgan fingerprint density at radius 3 is 2.93 bits per heavy atom. The monoisotopic (exact) mass is 389 g/mol. The lowest BCUT2D eigenvalue weighted by Gasteiger charge is -2.15. The zero-order valence-corrected chi connectivity index (χ0v) is 16.3. The molecule has 0 aliphatic carbocycles. The summed E-state index contributed by atoms with van der Waals surface area (Å²) in [7, 11) is 0. The van der Waals surface area contributed by atoms with Crippen molar-refractivity contribution in [2.24, 2.45) is 0 Å². The first-order valence-corrected chi connectivity index (χ1v) is 10.2. The molecule has 5 rings (SSSR count). The molecular weight excluding hydrogens is 370 g/mol. The minimum absolute atomic E-state index is 0.123. The van der Waals surface area contributed by atoms with Gasteiger partial charge in [-0.1, -0.05) is 6.07 Å². The van der Waals surface area contributed by atoms with E-state index in [-0.39, 0.29) is 11.8 Å². The number of pyridine rings is 2. The average Bonchev–Trinajstić information content (AvgIpc) is 3.46. The van der Waals surface area contributed by atoms with E-state index in [0.717, 1.165) is 46.0 Å². The van der Waals surface area contributed by atoms with Crippen LogP contribution in [0.25, 0.3) is 16.8 Å². The molecule has 0 saturated carbocycles. The van der Waals surface area contributed by atoms with Crippen LogP contribution in [0, 0.1) is 6.92 Å². The van der Waals surface area contributed by atoms with Crippen LogP contribution in [0.2, 0.25) is 0 Å². The van der Waals surface area contributed by atoms with Gasteiger partial charge in [0.2, 0.25) is 0 Å². The van der Waals surface area contributed by atoms with Gasteiger partial charge in [-0.05, 0) is 48.6 Å². The summed E-state index contributed by atoms with van der Waals surface area (Å²) in [5.41, 5.74) is 3.97. The fourth-order valence-electron chi connectivity index (χ4n) is 3.67. The van der Waals surface area contributed by atoms with Crippen LogP contribution >= 0.6 is 11.3 Å². The van der Waals surface area contributed by atoms with Crippen molar-refractivity contribution in [1.29, 1.82) is 0 Å². The van der Waals surface area contributed by atoms with Gasteiger partial charge in [-0.15, -0.1) is 11.3 Å². The molecule has 28 heavy (non-hydrogen) atoms. The Bertz CT molecular complexity index is 1150. The molecule has 1 amide bonds. The Morgan fingerprint density at radius 1 is 1.21 bits per heavy atom. The van der Waals surface area contributed by atoms with E-state index in [0.29, 0.717) is 6.54 Å². The largest absolute Gasteiger partial charge is 0.337 e. The van der Waals surface area contributed by atoms with Gasteiger partial charge >= 0.3 is 0 Å². The van der Waals surface area contributed by atoms with E-state index < -0.39 is 0 Å². The highest BCUT2D eigenvalue weighted by atomic mass is 32.1. The lowest BCUT2D eigenvalue weighted by atomic mass is 10.1. The fourth-order valence-corrected chi connectivity index (χ4v) is 4.56. The minimum atomic E-state index is 0.123. The van der Waals surface area contributed by atoms with Crippen LogP contribution in [0.15, 0.2) is 54.3 Å². The SMILES string of the molecule is Cc1ccsc1C(=O)N1CCC(c2nc3ccc(-c4cccnc4)cn3n2)C1. The van der Waals surface area contributed by atoms with Gasteiger partial charge in [0, 0.05) is 48.7 Å². The first kappa shape index (κ1) is 17.1.